The Morgan fingerprint density at radius 2 is 2.13 bits per heavy atom. The van der Waals surface area contributed by atoms with Crippen LogP contribution in [-0.2, 0) is 26.2 Å². The minimum atomic E-state index is -0.424. The van der Waals surface area contributed by atoms with E-state index in [-0.39, 0.29) is 30.1 Å². The van der Waals surface area contributed by atoms with Gasteiger partial charge in [-0.2, -0.15) is 0 Å². The predicted molar refractivity (Wildman–Crippen MR) is 113 cm³/mol. The second-order valence-corrected chi connectivity index (χ2v) is 8.45. The number of esters is 1. The quantitative estimate of drug-likeness (QED) is 0.407. The van der Waals surface area contributed by atoms with Crippen molar-refractivity contribution in [3.8, 4) is 11.5 Å². The number of carbonyl (C=O) groups is 2. The molecule has 160 valence electrons. The number of fused-ring (bicyclic) bond motifs is 1. The van der Waals surface area contributed by atoms with E-state index in [1.165, 1.54) is 0 Å². The SMILES string of the molecule is C=CCCC(=O)Oc1c(OC)ccc2c1[C@@]13CCN(C)[C@@H](C2)[C@H]1C=C(OC)C(=O)C3. The van der Waals surface area contributed by atoms with E-state index in [9.17, 15) is 9.59 Å². The number of ketones is 1. The molecule has 2 aliphatic carbocycles. The standard InChI is InChI=1S/C24H29NO5/c1-5-6-7-21(27)30-23-19(28-3)9-8-15-12-17-16-13-20(29-4)18(26)14-24(16,22(15)23)10-11-25(17)2/h5,8-9,13,16-17H,1,6-7,10-12,14H2,2-4H3/t16-,17+,24-/m1/s1. The van der Waals surface area contributed by atoms with Crippen molar-refractivity contribution in [3.63, 3.8) is 0 Å². The van der Waals surface area contributed by atoms with Crippen molar-refractivity contribution >= 4 is 11.8 Å². The van der Waals surface area contributed by atoms with Gasteiger partial charge in [-0.3, -0.25) is 9.59 Å². The van der Waals surface area contributed by atoms with Crippen LogP contribution in [0.4, 0.5) is 0 Å². The third kappa shape index (κ3) is 3.14. The number of methoxy groups -OCH3 is 2. The van der Waals surface area contributed by atoms with Gasteiger partial charge in [-0.25, -0.2) is 0 Å². The third-order valence-corrected chi connectivity index (χ3v) is 6.95. The molecule has 0 spiro atoms. The topological polar surface area (TPSA) is 65.1 Å². The van der Waals surface area contributed by atoms with Crippen LogP contribution in [0, 0.1) is 5.92 Å². The Balaban J connectivity index is 1.89. The van der Waals surface area contributed by atoms with Crippen LogP contribution >= 0.6 is 0 Å². The van der Waals surface area contributed by atoms with Crippen LogP contribution in [0.5, 0.6) is 11.5 Å². The van der Waals surface area contributed by atoms with E-state index in [1.54, 1.807) is 20.3 Å². The largest absolute Gasteiger partial charge is 0.493 e. The Hall–Kier alpha value is -2.60. The first kappa shape index (κ1) is 20.7. The smallest absolute Gasteiger partial charge is 0.311 e. The van der Waals surface area contributed by atoms with Gasteiger partial charge in [0.1, 0.15) is 0 Å². The molecule has 6 heteroatoms. The van der Waals surface area contributed by atoms with Gasteiger partial charge in [0.2, 0.25) is 0 Å². The van der Waals surface area contributed by atoms with Crippen molar-refractivity contribution in [2.45, 2.75) is 43.6 Å². The summed E-state index contributed by atoms with van der Waals surface area (Å²) in [7, 11) is 5.26. The molecule has 1 saturated heterocycles. The summed E-state index contributed by atoms with van der Waals surface area (Å²) in [6.45, 7) is 4.56. The molecule has 0 saturated carbocycles. The molecule has 1 aromatic carbocycles. The molecule has 1 heterocycles. The van der Waals surface area contributed by atoms with Gasteiger partial charge in [0.15, 0.2) is 23.0 Å². The molecule has 3 aliphatic rings. The number of Topliss-reactive ketones (excluding diaryl/α,β-unsaturated/α-hetero) is 1. The molecule has 30 heavy (non-hydrogen) atoms. The summed E-state index contributed by atoms with van der Waals surface area (Å²) < 4.78 is 16.9. The lowest BCUT2D eigenvalue weighted by Gasteiger charge is -2.56. The Morgan fingerprint density at radius 3 is 2.83 bits per heavy atom. The van der Waals surface area contributed by atoms with Gasteiger partial charge in [0.05, 0.1) is 14.2 Å². The van der Waals surface area contributed by atoms with E-state index in [2.05, 4.69) is 24.6 Å². The van der Waals surface area contributed by atoms with Crippen molar-refractivity contribution in [3.05, 3.63) is 47.7 Å². The molecule has 6 nitrogen and oxygen atoms in total. The molecule has 1 fully saturated rings. The normalized spacial score (nSPS) is 27.4. The van der Waals surface area contributed by atoms with Gasteiger partial charge in [0.25, 0.3) is 0 Å². The van der Waals surface area contributed by atoms with E-state index in [0.717, 1.165) is 30.5 Å². The molecular weight excluding hydrogens is 382 g/mol. The number of benzene rings is 1. The maximum absolute atomic E-state index is 12.9. The van der Waals surface area contributed by atoms with E-state index >= 15 is 0 Å². The molecule has 0 N–H and O–H groups in total. The number of allylic oxidation sites excluding steroid dienone is 2. The van der Waals surface area contributed by atoms with Crippen molar-refractivity contribution < 1.29 is 23.8 Å². The van der Waals surface area contributed by atoms with Gasteiger partial charge >= 0.3 is 5.97 Å². The summed E-state index contributed by atoms with van der Waals surface area (Å²) in [4.78, 5) is 27.8. The number of hydrogen-bond acceptors (Lipinski definition) is 6. The Kier molecular flexibility index (Phi) is 5.45. The highest BCUT2D eigenvalue weighted by Crippen LogP contribution is 2.58. The number of nitrogens with zero attached hydrogens (tertiary/aromatic N) is 1. The highest BCUT2D eigenvalue weighted by atomic mass is 16.6. The minimum absolute atomic E-state index is 0.00310. The maximum atomic E-state index is 12.9. The van der Waals surface area contributed by atoms with E-state index in [4.69, 9.17) is 14.2 Å². The van der Waals surface area contributed by atoms with Crippen LogP contribution in [0.2, 0.25) is 0 Å². The van der Waals surface area contributed by atoms with E-state index in [0.29, 0.717) is 30.1 Å². The number of likely N-dealkylation sites (tertiary alicyclic amines) is 1. The van der Waals surface area contributed by atoms with Gasteiger partial charge in [-0.05, 0) is 50.6 Å². The highest BCUT2D eigenvalue weighted by molar-refractivity contribution is 5.96. The fourth-order valence-electron chi connectivity index (χ4n) is 5.49. The van der Waals surface area contributed by atoms with Gasteiger partial charge in [-0.1, -0.05) is 12.1 Å². The fourth-order valence-corrected chi connectivity index (χ4v) is 5.49. The molecule has 0 aromatic heterocycles. The molecule has 1 aromatic rings. The number of carbonyl (C=O) groups excluding carboxylic acids is 2. The van der Waals surface area contributed by atoms with Crippen molar-refractivity contribution in [1.82, 2.24) is 4.90 Å². The molecule has 1 aliphatic heterocycles. The number of piperidine rings is 1. The second kappa shape index (κ2) is 7.91. The molecule has 0 radical (unpaired) electrons. The zero-order valence-corrected chi connectivity index (χ0v) is 17.9. The van der Waals surface area contributed by atoms with Crippen LogP contribution in [0.3, 0.4) is 0 Å². The first-order chi connectivity index (χ1) is 14.4. The Bertz CT molecular complexity index is 920. The average molecular weight is 411 g/mol. The van der Waals surface area contributed by atoms with Crippen molar-refractivity contribution in [2.75, 3.05) is 27.8 Å². The molecule has 0 unspecified atom stereocenters. The lowest BCUT2D eigenvalue weighted by molar-refractivity contribution is -0.134. The average Bonchev–Trinajstić information content (AvgIpc) is 2.74. The monoisotopic (exact) mass is 411 g/mol. The minimum Gasteiger partial charge on any atom is -0.493 e. The first-order valence-corrected chi connectivity index (χ1v) is 10.5. The third-order valence-electron chi connectivity index (χ3n) is 6.95. The summed E-state index contributed by atoms with van der Waals surface area (Å²) >= 11 is 0. The number of ether oxygens (including phenoxy) is 3. The van der Waals surface area contributed by atoms with Crippen LogP contribution in [-0.4, -0.2) is 50.5 Å². The maximum Gasteiger partial charge on any atom is 0.311 e. The lowest BCUT2D eigenvalue weighted by atomic mass is 9.53. The van der Waals surface area contributed by atoms with Crippen LogP contribution in [0.25, 0.3) is 0 Å². The van der Waals surface area contributed by atoms with Crippen molar-refractivity contribution in [1.29, 1.82) is 0 Å². The summed E-state index contributed by atoms with van der Waals surface area (Å²) in [6.07, 6.45) is 6.48. The highest BCUT2D eigenvalue weighted by Gasteiger charge is 2.56. The van der Waals surface area contributed by atoms with Crippen LogP contribution in [0.15, 0.2) is 36.6 Å². The lowest BCUT2D eigenvalue weighted by Crippen LogP contribution is -2.60. The second-order valence-electron chi connectivity index (χ2n) is 8.45. The number of hydrogen-bond donors (Lipinski definition) is 0. The molecule has 4 rings (SSSR count). The number of likely N-dealkylation sites (N-methyl/N-ethyl adjacent to an activating group) is 1. The van der Waals surface area contributed by atoms with Gasteiger partial charge in [-0.15, -0.1) is 6.58 Å². The first-order valence-electron chi connectivity index (χ1n) is 10.5. The summed E-state index contributed by atoms with van der Waals surface area (Å²) in [6, 6.07) is 4.18. The van der Waals surface area contributed by atoms with E-state index in [1.807, 2.05) is 12.1 Å². The Labute approximate surface area is 177 Å². The fraction of sp³-hybridized carbons (Fsp3) is 0.500. The number of rotatable bonds is 6. The molecule has 0 amide bonds. The summed E-state index contributed by atoms with van der Waals surface area (Å²) in [5.74, 6) is 1.22. The van der Waals surface area contributed by atoms with Crippen molar-refractivity contribution in [2.24, 2.45) is 5.92 Å². The van der Waals surface area contributed by atoms with Gasteiger partial charge < -0.3 is 19.1 Å². The zero-order chi connectivity index (χ0) is 21.5. The molecular formula is C24H29NO5. The summed E-state index contributed by atoms with van der Waals surface area (Å²) in [5, 5.41) is 0. The molecule has 3 atom stereocenters. The van der Waals surface area contributed by atoms with Gasteiger partial charge in [0, 0.05) is 35.8 Å². The Morgan fingerprint density at radius 1 is 1.33 bits per heavy atom. The van der Waals surface area contributed by atoms with Crippen LogP contribution in [0.1, 0.15) is 36.8 Å². The van der Waals surface area contributed by atoms with Crippen LogP contribution < -0.4 is 9.47 Å². The summed E-state index contributed by atoms with van der Waals surface area (Å²) in [5.41, 5.74) is 1.66. The predicted octanol–water partition coefficient (Wildman–Crippen LogP) is 3.18. The van der Waals surface area contributed by atoms with E-state index < -0.39 is 5.41 Å². The zero-order valence-electron chi connectivity index (χ0n) is 17.9. The molecule has 2 bridgehead atoms.